The highest BCUT2D eigenvalue weighted by Crippen LogP contribution is 2.11. The Morgan fingerprint density at radius 1 is 0.588 bits per heavy atom. The molecule has 3 N–H and O–H groups in total. The molecule has 0 heterocycles. The lowest BCUT2D eigenvalue weighted by atomic mass is 10.0. The second-order valence-corrected chi connectivity index (χ2v) is 4.88. The molecule has 0 saturated carbocycles. The van der Waals surface area contributed by atoms with Crippen molar-refractivity contribution in [2.75, 3.05) is 13.2 Å². The van der Waals surface area contributed by atoms with Gasteiger partial charge < -0.3 is 15.3 Å². The monoisotopic (exact) mass is 246 g/mol. The van der Waals surface area contributed by atoms with E-state index in [0.29, 0.717) is 6.61 Å². The second-order valence-electron chi connectivity index (χ2n) is 4.88. The van der Waals surface area contributed by atoms with E-state index >= 15 is 0 Å². The summed E-state index contributed by atoms with van der Waals surface area (Å²) < 4.78 is 0. The molecule has 0 rings (SSSR count). The summed E-state index contributed by atoms with van der Waals surface area (Å²) in [6.07, 6.45) is 12.2. The van der Waals surface area contributed by atoms with E-state index in [2.05, 4.69) is 0 Å². The standard InChI is InChI=1S/C14H30O3/c15-12-10-8-6-4-2-1-3-5-7-9-11-14(17)13-16/h14-17H,1-13H2. The quantitative estimate of drug-likeness (QED) is 0.438. The van der Waals surface area contributed by atoms with Crippen LogP contribution in [-0.4, -0.2) is 34.6 Å². The van der Waals surface area contributed by atoms with Crippen molar-refractivity contribution in [1.29, 1.82) is 0 Å². The minimum absolute atomic E-state index is 0.103. The molecule has 1 atom stereocenters. The molecule has 0 aromatic rings. The molecule has 0 fully saturated rings. The third-order valence-electron chi connectivity index (χ3n) is 3.16. The fraction of sp³-hybridized carbons (Fsp3) is 1.00. The summed E-state index contributed by atoms with van der Waals surface area (Å²) in [4.78, 5) is 0. The molecule has 0 radical (unpaired) electrons. The van der Waals surface area contributed by atoms with Crippen molar-refractivity contribution in [3.63, 3.8) is 0 Å². The van der Waals surface area contributed by atoms with Crippen molar-refractivity contribution in [2.45, 2.75) is 76.7 Å². The largest absolute Gasteiger partial charge is 0.396 e. The van der Waals surface area contributed by atoms with Crippen molar-refractivity contribution < 1.29 is 15.3 Å². The molecule has 0 aromatic heterocycles. The zero-order valence-corrected chi connectivity index (χ0v) is 11.1. The summed E-state index contributed by atoms with van der Waals surface area (Å²) in [7, 11) is 0. The fourth-order valence-corrected chi connectivity index (χ4v) is 2.00. The number of aliphatic hydroxyl groups is 3. The molecule has 3 heteroatoms. The Labute approximate surface area is 106 Å². The molecule has 3 nitrogen and oxygen atoms in total. The first-order valence-corrected chi connectivity index (χ1v) is 7.21. The maximum absolute atomic E-state index is 9.13. The summed E-state index contributed by atoms with van der Waals surface area (Å²) in [5.74, 6) is 0. The van der Waals surface area contributed by atoms with Gasteiger partial charge in [-0.05, 0) is 12.8 Å². The molecule has 0 aliphatic heterocycles. The lowest BCUT2D eigenvalue weighted by Gasteiger charge is -2.06. The molecule has 0 aliphatic carbocycles. The molecule has 0 bridgehead atoms. The van der Waals surface area contributed by atoms with E-state index in [1.54, 1.807) is 0 Å². The van der Waals surface area contributed by atoms with Crippen LogP contribution in [-0.2, 0) is 0 Å². The Balaban J connectivity index is 2.94. The third-order valence-corrected chi connectivity index (χ3v) is 3.16. The molecule has 17 heavy (non-hydrogen) atoms. The van der Waals surface area contributed by atoms with Crippen molar-refractivity contribution in [3.05, 3.63) is 0 Å². The van der Waals surface area contributed by atoms with Crippen LogP contribution in [0.1, 0.15) is 70.6 Å². The number of unbranched alkanes of at least 4 members (excludes halogenated alkanes) is 9. The van der Waals surface area contributed by atoms with Gasteiger partial charge in [0.05, 0.1) is 12.7 Å². The molecular formula is C14H30O3. The van der Waals surface area contributed by atoms with Crippen molar-refractivity contribution in [2.24, 2.45) is 0 Å². The summed E-state index contributed by atoms with van der Waals surface area (Å²) >= 11 is 0. The van der Waals surface area contributed by atoms with Crippen LogP contribution < -0.4 is 0 Å². The third kappa shape index (κ3) is 13.8. The summed E-state index contributed by atoms with van der Waals surface area (Å²) in [5, 5.41) is 26.4. The fourth-order valence-electron chi connectivity index (χ4n) is 2.00. The van der Waals surface area contributed by atoms with Gasteiger partial charge in [-0.25, -0.2) is 0 Å². The van der Waals surface area contributed by atoms with Crippen molar-refractivity contribution in [1.82, 2.24) is 0 Å². The first-order valence-electron chi connectivity index (χ1n) is 7.21. The Morgan fingerprint density at radius 2 is 1.00 bits per heavy atom. The van der Waals surface area contributed by atoms with Crippen LogP contribution in [0.5, 0.6) is 0 Å². The first-order chi connectivity index (χ1) is 8.31. The highest BCUT2D eigenvalue weighted by Gasteiger charge is 2.00. The zero-order chi connectivity index (χ0) is 12.8. The molecule has 0 spiro atoms. The van der Waals surface area contributed by atoms with Crippen molar-refractivity contribution >= 4 is 0 Å². The minimum atomic E-state index is -0.512. The van der Waals surface area contributed by atoms with Gasteiger partial charge in [0.1, 0.15) is 0 Å². The van der Waals surface area contributed by atoms with Gasteiger partial charge in [-0.2, -0.15) is 0 Å². The predicted octanol–water partition coefficient (Wildman–Crippen LogP) is 2.62. The van der Waals surface area contributed by atoms with E-state index in [4.69, 9.17) is 15.3 Å². The van der Waals surface area contributed by atoms with Gasteiger partial charge in [0.25, 0.3) is 0 Å². The van der Waals surface area contributed by atoms with E-state index in [1.165, 1.54) is 44.9 Å². The smallest absolute Gasteiger partial charge is 0.0770 e. The van der Waals surface area contributed by atoms with E-state index in [0.717, 1.165) is 25.7 Å². The van der Waals surface area contributed by atoms with Crippen LogP contribution in [0, 0.1) is 0 Å². The first kappa shape index (κ1) is 16.9. The molecule has 104 valence electrons. The molecule has 1 unspecified atom stereocenters. The van der Waals surface area contributed by atoms with Crippen LogP contribution in [0.25, 0.3) is 0 Å². The lowest BCUT2D eigenvalue weighted by Crippen LogP contribution is -2.10. The number of rotatable bonds is 13. The average Bonchev–Trinajstić information content (AvgIpc) is 2.35. The lowest BCUT2D eigenvalue weighted by molar-refractivity contribution is 0.0860. The van der Waals surface area contributed by atoms with Crippen LogP contribution in [0.3, 0.4) is 0 Å². The van der Waals surface area contributed by atoms with Crippen molar-refractivity contribution in [3.8, 4) is 0 Å². The van der Waals surface area contributed by atoms with Crippen LogP contribution in [0.2, 0.25) is 0 Å². The van der Waals surface area contributed by atoms with E-state index < -0.39 is 6.10 Å². The molecule has 0 amide bonds. The van der Waals surface area contributed by atoms with Crippen LogP contribution in [0.4, 0.5) is 0 Å². The average molecular weight is 246 g/mol. The van der Waals surface area contributed by atoms with Gasteiger partial charge in [0.15, 0.2) is 0 Å². The topological polar surface area (TPSA) is 60.7 Å². The predicted molar refractivity (Wildman–Crippen MR) is 71.0 cm³/mol. The second kappa shape index (κ2) is 13.9. The van der Waals surface area contributed by atoms with E-state index in [-0.39, 0.29) is 6.61 Å². The summed E-state index contributed by atoms with van der Waals surface area (Å²) in [5.41, 5.74) is 0. The highest BCUT2D eigenvalue weighted by atomic mass is 16.3. The number of aliphatic hydroxyl groups excluding tert-OH is 3. The minimum Gasteiger partial charge on any atom is -0.396 e. The Bertz CT molecular complexity index is 139. The normalized spacial score (nSPS) is 12.9. The zero-order valence-electron chi connectivity index (χ0n) is 11.1. The Kier molecular flexibility index (Phi) is 13.8. The Morgan fingerprint density at radius 3 is 1.41 bits per heavy atom. The van der Waals surface area contributed by atoms with E-state index in [9.17, 15) is 0 Å². The summed E-state index contributed by atoms with van der Waals surface area (Å²) in [6.45, 7) is 0.230. The van der Waals surface area contributed by atoms with Gasteiger partial charge in [0.2, 0.25) is 0 Å². The van der Waals surface area contributed by atoms with Gasteiger partial charge in [-0.3, -0.25) is 0 Å². The Hall–Kier alpha value is -0.120. The van der Waals surface area contributed by atoms with E-state index in [1.807, 2.05) is 0 Å². The molecule has 0 saturated heterocycles. The van der Waals surface area contributed by atoms with Crippen LogP contribution in [0.15, 0.2) is 0 Å². The van der Waals surface area contributed by atoms with Gasteiger partial charge >= 0.3 is 0 Å². The maximum Gasteiger partial charge on any atom is 0.0770 e. The molecular weight excluding hydrogens is 216 g/mol. The SMILES string of the molecule is OCCCCCCCCCCCCC(O)CO. The number of hydrogen-bond acceptors (Lipinski definition) is 3. The molecule has 0 aromatic carbocycles. The summed E-state index contributed by atoms with van der Waals surface area (Å²) in [6, 6.07) is 0. The maximum atomic E-state index is 9.13. The van der Waals surface area contributed by atoms with Crippen LogP contribution >= 0.6 is 0 Å². The molecule has 0 aliphatic rings. The van der Waals surface area contributed by atoms with Gasteiger partial charge in [-0.15, -0.1) is 0 Å². The van der Waals surface area contributed by atoms with Gasteiger partial charge in [0, 0.05) is 6.61 Å². The number of hydrogen-bond donors (Lipinski definition) is 3. The highest BCUT2D eigenvalue weighted by molar-refractivity contribution is 4.53. The van der Waals surface area contributed by atoms with Gasteiger partial charge in [-0.1, -0.05) is 57.8 Å².